The number of nitrogens with one attached hydrogen (secondary N) is 1. The number of methoxy groups -OCH3 is 1. The van der Waals surface area contributed by atoms with Crippen LogP contribution in [0.15, 0.2) is 42.5 Å². The van der Waals surface area contributed by atoms with Crippen LogP contribution < -0.4 is 10.1 Å². The first-order chi connectivity index (χ1) is 11.4. The Kier molecular flexibility index (Phi) is 6.31. The Hall–Kier alpha value is -1.95. The van der Waals surface area contributed by atoms with Crippen LogP contribution in [-0.2, 0) is 0 Å². The predicted octanol–water partition coefficient (Wildman–Crippen LogP) is 4.09. The lowest BCUT2D eigenvalue weighted by Gasteiger charge is -2.25. The van der Waals surface area contributed by atoms with Crippen molar-refractivity contribution in [3.8, 4) is 5.75 Å². The summed E-state index contributed by atoms with van der Waals surface area (Å²) in [4.78, 5) is 10.9. The first kappa shape index (κ1) is 18.4. The van der Waals surface area contributed by atoms with Crippen LogP contribution in [0.1, 0.15) is 23.1 Å². The lowest BCUT2D eigenvalue weighted by atomic mass is 9.88. The summed E-state index contributed by atoms with van der Waals surface area (Å²) in [6.07, 6.45) is -2.17. The summed E-state index contributed by atoms with van der Waals surface area (Å²) in [5.41, 5.74) is 1.22. The van der Waals surface area contributed by atoms with E-state index < -0.39 is 18.1 Å². The Morgan fingerprint density at radius 3 is 2.54 bits per heavy atom. The number of para-hydroxylation sites is 1. The molecule has 0 bridgehead atoms. The third-order valence-electron chi connectivity index (χ3n) is 3.68. The fourth-order valence-electron chi connectivity index (χ4n) is 2.48. The molecule has 128 valence electrons. The van der Waals surface area contributed by atoms with Crippen molar-refractivity contribution in [1.29, 1.82) is 0 Å². The molecule has 0 spiro atoms. The number of hydrogen-bond donors (Lipinski definition) is 3. The SMILES string of the molecule is COc1ccccc1C(O)C(CNC(=O)O)c1ccc(Cl)c(Cl)c1. The molecule has 0 aromatic heterocycles. The molecule has 2 atom stereocenters. The van der Waals surface area contributed by atoms with E-state index in [1.807, 2.05) is 0 Å². The standard InChI is InChI=1S/C17H17Cl2NO4/c1-24-15-5-3-2-4-11(15)16(21)12(9-20-17(22)23)10-6-7-13(18)14(19)8-10/h2-8,12,16,20-21H,9H2,1H3,(H,22,23). The van der Waals surface area contributed by atoms with E-state index in [1.54, 1.807) is 42.5 Å². The number of halogens is 2. The van der Waals surface area contributed by atoms with Gasteiger partial charge in [-0.1, -0.05) is 47.5 Å². The summed E-state index contributed by atoms with van der Waals surface area (Å²) < 4.78 is 5.28. The number of aliphatic hydroxyl groups excluding tert-OH is 1. The average molecular weight is 370 g/mol. The Bertz CT molecular complexity index is 723. The van der Waals surface area contributed by atoms with E-state index in [1.165, 1.54) is 7.11 Å². The maximum Gasteiger partial charge on any atom is 0.404 e. The van der Waals surface area contributed by atoms with Crippen molar-refractivity contribution in [1.82, 2.24) is 5.32 Å². The minimum Gasteiger partial charge on any atom is -0.496 e. The monoisotopic (exact) mass is 369 g/mol. The van der Waals surface area contributed by atoms with Crippen molar-refractivity contribution in [2.45, 2.75) is 12.0 Å². The van der Waals surface area contributed by atoms with Gasteiger partial charge in [0.2, 0.25) is 0 Å². The van der Waals surface area contributed by atoms with Gasteiger partial charge in [0.25, 0.3) is 0 Å². The largest absolute Gasteiger partial charge is 0.496 e. The number of hydrogen-bond acceptors (Lipinski definition) is 3. The minimum absolute atomic E-state index is 0.00646. The summed E-state index contributed by atoms with van der Waals surface area (Å²) >= 11 is 12.0. The molecule has 5 nitrogen and oxygen atoms in total. The molecule has 0 saturated carbocycles. The first-order valence-corrected chi connectivity index (χ1v) is 7.92. The highest BCUT2D eigenvalue weighted by Crippen LogP contribution is 2.37. The molecule has 0 radical (unpaired) electrons. The van der Waals surface area contributed by atoms with Gasteiger partial charge in [-0.3, -0.25) is 0 Å². The number of carbonyl (C=O) groups is 1. The van der Waals surface area contributed by atoms with Gasteiger partial charge < -0.3 is 20.3 Å². The first-order valence-electron chi connectivity index (χ1n) is 7.16. The maximum atomic E-state index is 10.9. The zero-order valence-electron chi connectivity index (χ0n) is 12.9. The number of aliphatic hydroxyl groups is 1. The average Bonchev–Trinajstić information content (AvgIpc) is 2.57. The Morgan fingerprint density at radius 1 is 1.21 bits per heavy atom. The smallest absolute Gasteiger partial charge is 0.404 e. The van der Waals surface area contributed by atoms with Crippen molar-refractivity contribution in [3.05, 3.63) is 63.6 Å². The van der Waals surface area contributed by atoms with Crippen LogP contribution in [0.2, 0.25) is 10.0 Å². The van der Waals surface area contributed by atoms with E-state index in [2.05, 4.69) is 5.32 Å². The molecular weight excluding hydrogens is 353 g/mol. The molecule has 24 heavy (non-hydrogen) atoms. The number of carboxylic acid groups (broad SMARTS) is 1. The molecule has 0 aliphatic carbocycles. The fourth-order valence-corrected chi connectivity index (χ4v) is 2.79. The normalized spacial score (nSPS) is 13.2. The van der Waals surface area contributed by atoms with Gasteiger partial charge in [0.1, 0.15) is 5.75 Å². The summed E-state index contributed by atoms with van der Waals surface area (Å²) in [5.74, 6) is -0.0439. The quantitative estimate of drug-likeness (QED) is 0.716. The second kappa shape index (κ2) is 8.24. The molecule has 2 unspecified atom stereocenters. The summed E-state index contributed by atoms with van der Waals surface area (Å²) in [5, 5.41) is 22.8. The third-order valence-corrected chi connectivity index (χ3v) is 4.42. The van der Waals surface area contributed by atoms with Gasteiger partial charge in [-0.15, -0.1) is 0 Å². The molecule has 2 rings (SSSR count). The van der Waals surface area contributed by atoms with Crippen molar-refractivity contribution >= 4 is 29.3 Å². The molecule has 0 fully saturated rings. The zero-order valence-corrected chi connectivity index (χ0v) is 14.4. The third kappa shape index (κ3) is 4.32. The second-order valence-corrected chi connectivity index (χ2v) is 5.97. The van der Waals surface area contributed by atoms with Crippen LogP contribution in [0.25, 0.3) is 0 Å². The molecule has 0 aliphatic heterocycles. The Labute approximate surface area is 149 Å². The van der Waals surface area contributed by atoms with Crippen LogP contribution in [-0.4, -0.2) is 30.0 Å². The van der Waals surface area contributed by atoms with Crippen LogP contribution in [0, 0.1) is 0 Å². The minimum atomic E-state index is -1.17. The molecule has 0 aliphatic rings. The molecule has 3 N–H and O–H groups in total. The summed E-state index contributed by atoms with van der Waals surface area (Å²) in [7, 11) is 1.51. The molecular formula is C17H17Cl2NO4. The number of amides is 1. The highest BCUT2D eigenvalue weighted by atomic mass is 35.5. The van der Waals surface area contributed by atoms with Crippen molar-refractivity contribution in [3.63, 3.8) is 0 Å². The maximum absolute atomic E-state index is 10.9. The molecule has 2 aromatic rings. The molecule has 0 heterocycles. The van der Waals surface area contributed by atoms with E-state index >= 15 is 0 Å². The van der Waals surface area contributed by atoms with Gasteiger partial charge in [-0.05, 0) is 23.8 Å². The Morgan fingerprint density at radius 2 is 1.92 bits per heavy atom. The van der Waals surface area contributed by atoms with E-state index in [9.17, 15) is 9.90 Å². The predicted molar refractivity (Wildman–Crippen MR) is 93.2 cm³/mol. The zero-order chi connectivity index (χ0) is 17.7. The van der Waals surface area contributed by atoms with Crippen LogP contribution in [0.4, 0.5) is 4.79 Å². The van der Waals surface area contributed by atoms with Crippen molar-refractivity contribution in [2.24, 2.45) is 0 Å². The number of benzene rings is 2. The van der Waals surface area contributed by atoms with E-state index in [0.29, 0.717) is 26.9 Å². The van der Waals surface area contributed by atoms with Crippen LogP contribution in [0.3, 0.4) is 0 Å². The van der Waals surface area contributed by atoms with Crippen molar-refractivity contribution in [2.75, 3.05) is 13.7 Å². The van der Waals surface area contributed by atoms with Gasteiger partial charge in [0.05, 0.1) is 23.3 Å². The lowest BCUT2D eigenvalue weighted by molar-refractivity contribution is 0.137. The van der Waals surface area contributed by atoms with E-state index in [-0.39, 0.29) is 6.54 Å². The number of rotatable bonds is 6. The van der Waals surface area contributed by atoms with Crippen molar-refractivity contribution < 1.29 is 19.7 Å². The van der Waals surface area contributed by atoms with Gasteiger partial charge >= 0.3 is 6.09 Å². The topological polar surface area (TPSA) is 78.8 Å². The Balaban J connectivity index is 2.40. The highest BCUT2D eigenvalue weighted by molar-refractivity contribution is 6.42. The second-order valence-electron chi connectivity index (χ2n) is 5.15. The van der Waals surface area contributed by atoms with Gasteiger partial charge in [-0.25, -0.2) is 4.79 Å². The fraction of sp³-hybridized carbons (Fsp3) is 0.235. The van der Waals surface area contributed by atoms with Gasteiger partial charge in [0, 0.05) is 18.0 Å². The summed E-state index contributed by atoms with van der Waals surface area (Å²) in [6.45, 7) is 0.00646. The van der Waals surface area contributed by atoms with Crippen LogP contribution in [0.5, 0.6) is 5.75 Å². The lowest BCUT2D eigenvalue weighted by Crippen LogP contribution is -2.29. The molecule has 1 amide bonds. The molecule has 2 aromatic carbocycles. The van der Waals surface area contributed by atoms with Gasteiger partial charge in [0.15, 0.2) is 0 Å². The molecule has 0 saturated heterocycles. The van der Waals surface area contributed by atoms with E-state index in [4.69, 9.17) is 33.0 Å². The van der Waals surface area contributed by atoms with Crippen LogP contribution >= 0.6 is 23.2 Å². The van der Waals surface area contributed by atoms with E-state index in [0.717, 1.165) is 0 Å². The highest BCUT2D eigenvalue weighted by Gasteiger charge is 2.26. The van der Waals surface area contributed by atoms with Gasteiger partial charge in [-0.2, -0.15) is 0 Å². The molecule has 7 heteroatoms. The number of ether oxygens (including phenoxy) is 1. The summed E-state index contributed by atoms with van der Waals surface area (Å²) in [6, 6.07) is 12.0.